The van der Waals surface area contributed by atoms with Crippen molar-refractivity contribution in [2.45, 2.75) is 16.0 Å². The molecule has 1 saturated heterocycles. The van der Waals surface area contributed by atoms with Gasteiger partial charge in [-0.2, -0.15) is 13.2 Å². The molecule has 0 aliphatic carbocycles. The second kappa shape index (κ2) is 10.5. The lowest BCUT2D eigenvalue weighted by atomic mass is 10.1. The Morgan fingerprint density at radius 1 is 0.971 bits per heavy atom. The largest absolute Gasteiger partial charge is 0.486 e. The summed E-state index contributed by atoms with van der Waals surface area (Å²) >= 11 is 0.977. The number of methoxy groups -OCH3 is 1. The summed E-state index contributed by atoms with van der Waals surface area (Å²) in [6, 6.07) is 8.98. The van der Waals surface area contributed by atoms with Crippen molar-refractivity contribution in [3.8, 4) is 11.5 Å². The molecule has 2 aromatic rings. The van der Waals surface area contributed by atoms with E-state index in [1.165, 1.54) is 41.2 Å². The molecular weight excluding hydrogens is 485 g/mol. The zero-order chi connectivity index (χ0) is 25.0. The number of benzene rings is 2. The summed E-state index contributed by atoms with van der Waals surface area (Å²) in [7, 11) is 1.29. The van der Waals surface area contributed by atoms with E-state index in [0.717, 1.165) is 17.8 Å². The van der Waals surface area contributed by atoms with E-state index < -0.39 is 17.8 Å². The maximum atomic E-state index is 13.8. The van der Waals surface area contributed by atoms with Crippen LogP contribution in [0, 0.1) is 0 Å². The van der Waals surface area contributed by atoms with Gasteiger partial charge in [0.25, 0.3) is 0 Å². The molecule has 2 aliphatic heterocycles. The summed E-state index contributed by atoms with van der Waals surface area (Å²) in [4.78, 5) is 27.7. The van der Waals surface area contributed by atoms with Crippen LogP contribution < -0.4 is 9.47 Å². The molecule has 0 N–H and O–H groups in total. The van der Waals surface area contributed by atoms with Gasteiger partial charge in [-0.3, -0.25) is 4.79 Å². The van der Waals surface area contributed by atoms with Crippen LogP contribution in [0.25, 0.3) is 6.08 Å². The Kier molecular flexibility index (Phi) is 7.44. The molecule has 0 unspecified atom stereocenters. The van der Waals surface area contributed by atoms with Gasteiger partial charge in [-0.05, 0) is 42.0 Å². The highest BCUT2D eigenvalue weighted by Crippen LogP contribution is 2.42. The molecule has 11 heteroatoms. The Labute approximate surface area is 204 Å². The highest BCUT2D eigenvalue weighted by Gasteiger charge is 2.34. The minimum atomic E-state index is -4.58. The second-order valence-electron chi connectivity index (χ2n) is 7.78. The van der Waals surface area contributed by atoms with E-state index in [1.54, 1.807) is 18.2 Å². The first-order valence-electron chi connectivity index (χ1n) is 10.8. The molecule has 0 radical (unpaired) electrons. The molecular formula is C24H23F3N2O5S. The highest BCUT2D eigenvalue weighted by atomic mass is 32.2. The van der Waals surface area contributed by atoms with Crippen LogP contribution >= 0.6 is 11.8 Å². The van der Waals surface area contributed by atoms with Gasteiger partial charge >= 0.3 is 12.3 Å². The number of halogens is 3. The molecule has 2 aliphatic rings. The molecule has 0 spiro atoms. The fourth-order valence-corrected chi connectivity index (χ4v) is 4.66. The Morgan fingerprint density at radius 3 is 2.34 bits per heavy atom. The minimum Gasteiger partial charge on any atom is -0.486 e. The second-order valence-corrected chi connectivity index (χ2v) is 8.89. The van der Waals surface area contributed by atoms with Crippen LogP contribution in [0.3, 0.4) is 0 Å². The number of piperazine rings is 1. The van der Waals surface area contributed by atoms with Gasteiger partial charge in [0.15, 0.2) is 11.5 Å². The Morgan fingerprint density at radius 2 is 1.66 bits per heavy atom. The molecule has 2 amide bonds. The first-order valence-corrected chi connectivity index (χ1v) is 11.6. The molecule has 2 aromatic carbocycles. The smallest absolute Gasteiger partial charge is 0.417 e. The van der Waals surface area contributed by atoms with Crippen LogP contribution in [0.15, 0.2) is 52.3 Å². The summed E-state index contributed by atoms with van der Waals surface area (Å²) in [5.41, 5.74) is -0.538. The number of hydrogen-bond donors (Lipinski definition) is 0. The fourth-order valence-electron chi connectivity index (χ4n) is 3.69. The Bertz CT molecular complexity index is 1130. The van der Waals surface area contributed by atoms with Gasteiger partial charge in [-0.1, -0.05) is 17.8 Å². The molecule has 7 nitrogen and oxygen atoms in total. The predicted molar refractivity (Wildman–Crippen MR) is 123 cm³/mol. The van der Waals surface area contributed by atoms with E-state index in [0.29, 0.717) is 55.8 Å². The standard InChI is InChI=1S/C24H23F3N2O5S/c1-32-23(31)29-10-8-28(9-11-29)22(30)7-3-16-2-6-21(18(14-16)24(25,26)27)35-17-4-5-19-20(15-17)34-13-12-33-19/h2-7,14-15H,8-13H2,1H3. The first-order chi connectivity index (χ1) is 16.7. The number of alkyl halides is 3. The number of hydrogen-bond acceptors (Lipinski definition) is 6. The lowest BCUT2D eigenvalue weighted by Crippen LogP contribution is -2.50. The quantitative estimate of drug-likeness (QED) is 0.565. The summed E-state index contributed by atoms with van der Waals surface area (Å²) < 4.78 is 57.1. The van der Waals surface area contributed by atoms with Crippen LogP contribution in [0.4, 0.5) is 18.0 Å². The monoisotopic (exact) mass is 508 g/mol. The summed E-state index contributed by atoms with van der Waals surface area (Å²) in [5.74, 6) is 0.728. The van der Waals surface area contributed by atoms with Gasteiger partial charge in [0.1, 0.15) is 13.2 Å². The van der Waals surface area contributed by atoms with Crippen molar-refractivity contribution in [1.29, 1.82) is 0 Å². The third kappa shape index (κ3) is 6.02. The lowest BCUT2D eigenvalue weighted by molar-refractivity contribution is -0.139. The zero-order valence-electron chi connectivity index (χ0n) is 18.8. The van der Waals surface area contributed by atoms with Crippen LogP contribution in [0.2, 0.25) is 0 Å². The summed E-state index contributed by atoms with van der Waals surface area (Å²) in [6.07, 6.45) is -2.42. The van der Waals surface area contributed by atoms with Crippen LogP contribution in [0.1, 0.15) is 11.1 Å². The molecule has 0 bridgehead atoms. The normalized spacial score (nSPS) is 15.9. The summed E-state index contributed by atoms with van der Waals surface area (Å²) in [5, 5.41) is 0. The maximum Gasteiger partial charge on any atom is 0.417 e. The van der Waals surface area contributed by atoms with Crippen molar-refractivity contribution in [1.82, 2.24) is 9.80 Å². The lowest BCUT2D eigenvalue weighted by Gasteiger charge is -2.33. The van der Waals surface area contributed by atoms with E-state index >= 15 is 0 Å². The summed E-state index contributed by atoms with van der Waals surface area (Å²) in [6.45, 7) is 2.11. The van der Waals surface area contributed by atoms with Crippen molar-refractivity contribution in [2.24, 2.45) is 0 Å². The topological polar surface area (TPSA) is 68.3 Å². The molecule has 0 aromatic heterocycles. The van der Waals surface area contributed by atoms with Gasteiger partial charge in [0, 0.05) is 42.0 Å². The van der Waals surface area contributed by atoms with Crippen molar-refractivity contribution in [3.63, 3.8) is 0 Å². The Balaban J connectivity index is 1.46. The number of rotatable bonds is 4. The van der Waals surface area contributed by atoms with Gasteiger partial charge in [0.2, 0.25) is 5.91 Å². The molecule has 0 atom stereocenters. The van der Waals surface area contributed by atoms with Gasteiger partial charge < -0.3 is 24.0 Å². The molecule has 1 fully saturated rings. The number of amides is 2. The van der Waals surface area contributed by atoms with E-state index in [2.05, 4.69) is 4.74 Å². The van der Waals surface area contributed by atoms with Crippen LogP contribution in [-0.2, 0) is 15.7 Å². The molecule has 35 heavy (non-hydrogen) atoms. The number of nitrogens with zero attached hydrogens (tertiary/aromatic N) is 2. The maximum absolute atomic E-state index is 13.8. The first kappa shape index (κ1) is 24.8. The average molecular weight is 509 g/mol. The van der Waals surface area contributed by atoms with Gasteiger partial charge in [-0.25, -0.2) is 4.79 Å². The molecule has 2 heterocycles. The van der Waals surface area contributed by atoms with Gasteiger partial charge in [0.05, 0.1) is 12.7 Å². The van der Waals surface area contributed by atoms with Crippen molar-refractivity contribution >= 4 is 29.8 Å². The zero-order valence-corrected chi connectivity index (χ0v) is 19.7. The number of fused-ring (bicyclic) bond motifs is 1. The minimum absolute atomic E-state index is 0.0385. The fraction of sp³-hybridized carbons (Fsp3) is 0.333. The average Bonchev–Trinajstić information content (AvgIpc) is 2.86. The number of carbonyl (C=O) groups excluding carboxylic acids is 2. The van der Waals surface area contributed by atoms with Gasteiger partial charge in [-0.15, -0.1) is 0 Å². The van der Waals surface area contributed by atoms with E-state index in [1.807, 2.05) is 0 Å². The Hall–Kier alpha value is -3.34. The van der Waals surface area contributed by atoms with Crippen molar-refractivity contribution in [2.75, 3.05) is 46.5 Å². The van der Waals surface area contributed by atoms with Crippen molar-refractivity contribution in [3.05, 3.63) is 53.6 Å². The van der Waals surface area contributed by atoms with Crippen LogP contribution in [0.5, 0.6) is 11.5 Å². The van der Waals surface area contributed by atoms with Crippen LogP contribution in [-0.4, -0.2) is 68.3 Å². The van der Waals surface area contributed by atoms with E-state index in [-0.39, 0.29) is 16.4 Å². The third-order valence-corrected chi connectivity index (χ3v) is 6.56. The number of ether oxygens (including phenoxy) is 3. The van der Waals surface area contributed by atoms with E-state index in [4.69, 9.17) is 9.47 Å². The molecule has 186 valence electrons. The predicted octanol–water partition coefficient (Wildman–Crippen LogP) is 4.55. The van der Waals surface area contributed by atoms with E-state index in [9.17, 15) is 22.8 Å². The number of carbonyl (C=O) groups is 2. The third-order valence-electron chi connectivity index (χ3n) is 5.49. The SMILES string of the molecule is COC(=O)N1CCN(C(=O)C=Cc2ccc(Sc3ccc4c(c3)OCCO4)c(C(F)(F)F)c2)CC1. The highest BCUT2D eigenvalue weighted by molar-refractivity contribution is 7.99. The molecule has 4 rings (SSSR count). The molecule has 0 saturated carbocycles. The van der Waals surface area contributed by atoms with Crippen molar-refractivity contribution < 1.29 is 37.0 Å².